The van der Waals surface area contributed by atoms with Crippen LogP contribution in [0.15, 0.2) is 85.1 Å². The minimum atomic E-state index is -1.89. The molecule has 1 aromatic heterocycles. The fourth-order valence-corrected chi connectivity index (χ4v) is 11.5. The van der Waals surface area contributed by atoms with Gasteiger partial charge in [-0.3, -0.25) is 52.7 Å². The standard InChI is InChI=1S/C58H78N14O15S2/c1-3-30(2)48-57(85)71-45(56(84)69-43(58(86)87)23-33-26-63-37-14-8-7-13-35(33)37)29-89-88-28-36(60)49(77)65-41(24-46(61)75)53(81)64-38(15-9-10-20-59)50(78)66-40(22-32-16-18-34(74)19-17-32)51(79)67-39(21-31-11-5-4-6-12-31)52(80)70-44(27-73)55(83)68-42(25-47(62)76)54(82)72-48/h4-8,11-14,16-19,26,30,36,38-45,48,63,73-74H,3,9-10,15,20-25,27-29,59-60H2,1-2H3,(H2,61,75)(H2,62,76)(H,64,81)(H,65,77)(H,66,78)(H,67,79)(H,68,83)(H,69,84)(H,70,80)(H,71,85)(H,72,82)(H,86,87)/t30-,36+,38-,39-,40-,41-,42-,43-,44-,45+,48-/m0/s1. The first-order valence-electron chi connectivity index (χ1n) is 28.6. The molecule has 1 aliphatic rings. The van der Waals surface area contributed by atoms with Crippen LogP contribution in [0.2, 0.25) is 0 Å². The second kappa shape index (κ2) is 35.3. The largest absolute Gasteiger partial charge is 0.508 e. The molecule has 0 bridgehead atoms. The molecule has 4 aromatic rings. The molecule has 0 spiro atoms. The first kappa shape index (κ1) is 71.0. The summed E-state index contributed by atoms with van der Waals surface area (Å²) in [7, 11) is 1.82. The molecule has 3 aromatic carbocycles. The number of aliphatic hydroxyl groups excluding tert-OH is 1. The van der Waals surface area contributed by atoms with Crippen molar-refractivity contribution in [3.63, 3.8) is 0 Å². The quantitative estimate of drug-likeness (QED) is 0.0309. The molecule has 1 fully saturated rings. The van der Waals surface area contributed by atoms with Crippen LogP contribution in [0.25, 0.3) is 10.9 Å². The van der Waals surface area contributed by atoms with Gasteiger partial charge >= 0.3 is 5.97 Å². The van der Waals surface area contributed by atoms with Crippen LogP contribution in [0.3, 0.4) is 0 Å². The minimum absolute atomic E-state index is 0.0998. The number of H-pyrrole nitrogens is 1. The number of amides is 11. The minimum Gasteiger partial charge on any atom is -0.508 e. The van der Waals surface area contributed by atoms with E-state index in [9.17, 15) is 72.9 Å². The molecule has 0 radical (unpaired) electrons. The number of carbonyl (C=O) groups excluding carboxylic acids is 11. The van der Waals surface area contributed by atoms with Gasteiger partial charge in [0.1, 0.15) is 60.1 Å². The van der Waals surface area contributed by atoms with Gasteiger partial charge in [0.2, 0.25) is 65.0 Å². The number of aliphatic carboxylic acids is 1. The Kier molecular flexibility index (Phi) is 28.1. The van der Waals surface area contributed by atoms with E-state index in [-0.39, 0.29) is 62.3 Å². The Labute approximate surface area is 520 Å². The van der Waals surface area contributed by atoms with Gasteiger partial charge in [-0.15, -0.1) is 0 Å². The number of aliphatic hydroxyl groups is 1. The third kappa shape index (κ3) is 22.4. The molecular weight excluding hydrogens is 1200 g/mol. The molecule has 29 nitrogen and oxygen atoms in total. The van der Waals surface area contributed by atoms with Crippen molar-refractivity contribution in [2.75, 3.05) is 24.7 Å². The Morgan fingerprint density at radius 1 is 0.618 bits per heavy atom. The summed E-state index contributed by atoms with van der Waals surface area (Å²) in [6.45, 7) is 2.29. The van der Waals surface area contributed by atoms with Crippen molar-refractivity contribution in [3.05, 3.63) is 102 Å². The predicted molar refractivity (Wildman–Crippen MR) is 329 cm³/mol. The second-order valence-corrected chi connectivity index (χ2v) is 23.9. The van der Waals surface area contributed by atoms with Gasteiger partial charge < -0.3 is 91.1 Å². The maximum Gasteiger partial charge on any atom is 0.326 e. The van der Waals surface area contributed by atoms with Crippen molar-refractivity contribution in [2.45, 2.75) is 132 Å². The lowest BCUT2D eigenvalue weighted by Crippen LogP contribution is -2.62. The van der Waals surface area contributed by atoms with Crippen LogP contribution in [-0.2, 0) is 76.8 Å². The van der Waals surface area contributed by atoms with E-state index in [1.54, 1.807) is 74.6 Å². The summed E-state index contributed by atoms with van der Waals surface area (Å²) >= 11 is 0. The number of aromatic hydroxyl groups is 1. The number of hydrogen-bond acceptors (Lipinski definition) is 18. The zero-order valence-electron chi connectivity index (χ0n) is 49.0. The monoisotopic (exact) mass is 1270 g/mol. The van der Waals surface area contributed by atoms with Gasteiger partial charge in [0, 0.05) is 47.9 Å². The molecule has 0 unspecified atom stereocenters. The molecule has 1 saturated heterocycles. The number of nitrogens with one attached hydrogen (secondary N) is 10. The van der Waals surface area contributed by atoms with E-state index in [0.717, 1.165) is 21.6 Å². The number of aromatic amines is 1. The highest BCUT2D eigenvalue weighted by Crippen LogP contribution is 2.24. The molecule has 0 aliphatic carbocycles. The fourth-order valence-electron chi connectivity index (χ4n) is 9.26. The van der Waals surface area contributed by atoms with E-state index in [4.69, 9.17) is 22.9 Å². The van der Waals surface area contributed by atoms with Crippen molar-refractivity contribution in [1.82, 2.24) is 52.8 Å². The summed E-state index contributed by atoms with van der Waals surface area (Å²) in [5, 5.41) is 54.1. The first-order chi connectivity index (χ1) is 42.4. The van der Waals surface area contributed by atoms with Gasteiger partial charge in [0.05, 0.1) is 25.5 Å². The number of phenolic OH excluding ortho intramolecular Hbond substituents is 1. The maximum absolute atomic E-state index is 14.6. The van der Waals surface area contributed by atoms with Crippen LogP contribution in [0.5, 0.6) is 5.75 Å². The lowest BCUT2D eigenvalue weighted by molar-refractivity contribution is -0.142. The van der Waals surface area contributed by atoms with Crippen molar-refractivity contribution < 1.29 is 72.9 Å². The fraction of sp³-hybridized carbons (Fsp3) is 0.448. The Bertz CT molecular complexity index is 3140. The van der Waals surface area contributed by atoms with E-state index >= 15 is 0 Å². The summed E-state index contributed by atoms with van der Waals surface area (Å²) in [5.74, 6) is -14.4. The average molecular weight is 1280 g/mol. The lowest BCUT2D eigenvalue weighted by Gasteiger charge is -2.29. The molecule has 11 atom stereocenters. The number of primary amides is 2. The smallest absolute Gasteiger partial charge is 0.326 e. The molecule has 11 amide bonds. The number of benzene rings is 3. The number of hydrogen-bond donors (Lipinski definition) is 17. The zero-order chi connectivity index (χ0) is 65.3. The van der Waals surface area contributed by atoms with Gasteiger partial charge in [0.25, 0.3) is 0 Å². The van der Waals surface area contributed by atoms with Crippen LogP contribution in [0, 0.1) is 5.92 Å². The number of unbranched alkanes of at least 4 members (excludes halogenated alkanes) is 1. The van der Waals surface area contributed by atoms with E-state index in [1.807, 2.05) is 0 Å². The molecule has 21 N–H and O–H groups in total. The van der Waals surface area contributed by atoms with Gasteiger partial charge in [0.15, 0.2) is 0 Å². The van der Waals surface area contributed by atoms with Crippen molar-refractivity contribution >= 4 is 103 Å². The SMILES string of the molecule is CC[C@H](C)[C@@H]1NC(=O)[C@H](CC(N)=O)NC(=O)[C@H](CO)NC(=O)[C@H](Cc2ccccc2)NC(=O)[C@H](Cc2ccc(O)cc2)NC(=O)[C@H](CCCCN)NC(=O)[C@H](CC(N)=O)NC(=O)[C@H](N)CSSC[C@H](C(=O)N[C@@H](Cc2c[nH]c3ccccc23)C(=O)O)NC1=O. The highest BCUT2D eigenvalue weighted by Gasteiger charge is 2.38. The number of rotatable bonds is 20. The maximum atomic E-state index is 14.6. The number of carboxylic acid groups (broad SMARTS) is 1. The number of phenols is 1. The number of carboxylic acids is 1. The Hall–Kier alpha value is -8.78. The average Bonchev–Trinajstić information content (AvgIpc) is 3.15. The Morgan fingerprint density at radius 2 is 1.12 bits per heavy atom. The van der Waals surface area contributed by atoms with E-state index < -0.39 is 157 Å². The molecule has 2 heterocycles. The van der Waals surface area contributed by atoms with Crippen LogP contribution in [0.1, 0.15) is 69.1 Å². The van der Waals surface area contributed by atoms with Crippen LogP contribution in [0.4, 0.5) is 0 Å². The number of fused-ring (bicyclic) bond motifs is 1. The predicted octanol–water partition coefficient (Wildman–Crippen LogP) is -3.01. The molecular formula is C58H78N14O15S2. The van der Waals surface area contributed by atoms with Crippen molar-refractivity contribution in [1.29, 1.82) is 0 Å². The van der Waals surface area contributed by atoms with E-state index in [1.165, 1.54) is 24.3 Å². The summed E-state index contributed by atoms with van der Waals surface area (Å²) in [4.78, 5) is 169. The normalized spacial score (nSPS) is 23.4. The van der Waals surface area contributed by atoms with Crippen molar-refractivity contribution in [3.8, 4) is 5.75 Å². The summed E-state index contributed by atoms with van der Waals surface area (Å²) in [6, 6.07) is 4.61. The van der Waals surface area contributed by atoms with Gasteiger partial charge in [-0.1, -0.05) is 103 Å². The summed E-state index contributed by atoms with van der Waals surface area (Å²) in [6.07, 6.45) is -0.123. The zero-order valence-corrected chi connectivity index (χ0v) is 50.6. The summed E-state index contributed by atoms with van der Waals surface area (Å²) in [5.41, 5.74) is 25.3. The highest BCUT2D eigenvalue weighted by molar-refractivity contribution is 8.76. The van der Waals surface area contributed by atoms with Crippen molar-refractivity contribution in [2.24, 2.45) is 28.9 Å². The number of carbonyl (C=O) groups is 12. The first-order valence-corrected chi connectivity index (χ1v) is 31.1. The lowest BCUT2D eigenvalue weighted by atomic mass is 9.97. The Balaban J connectivity index is 1.56. The van der Waals surface area contributed by atoms with Gasteiger partial charge in [-0.05, 0) is 66.6 Å². The number of para-hydroxylation sites is 1. The van der Waals surface area contributed by atoms with E-state index in [0.29, 0.717) is 34.0 Å². The van der Waals surface area contributed by atoms with Crippen LogP contribution >= 0.6 is 21.6 Å². The van der Waals surface area contributed by atoms with Gasteiger partial charge in [-0.2, -0.15) is 0 Å². The highest BCUT2D eigenvalue weighted by atomic mass is 33.1. The molecule has 0 saturated carbocycles. The topological polar surface area (TPSA) is 494 Å². The summed E-state index contributed by atoms with van der Waals surface area (Å²) < 4.78 is 0. The van der Waals surface area contributed by atoms with Crippen LogP contribution < -0.4 is 70.8 Å². The van der Waals surface area contributed by atoms with Gasteiger partial charge in [-0.25, -0.2) is 4.79 Å². The molecule has 1 aliphatic heterocycles. The third-order valence-electron chi connectivity index (χ3n) is 14.4. The second-order valence-electron chi connectivity index (χ2n) is 21.3. The molecule has 89 heavy (non-hydrogen) atoms. The molecule has 31 heteroatoms. The Morgan fingerprint density at radius 3 is 1.71 bits per heavy atom. The van der Waals surface area contributed by atoms with E-state index in [2.05, 4.69) is 52.8 Å². The van der Waals surface area contributed by atoms with Crippen LogP contribution in [-0.4, -0.2) is 176 Å². The number of nitrogens with two attached hydrogens (primary N) is 4. The molecule has 5 rings (SSSR count). The molecule has 482 valence electrons. The number of aromatic nitrogens is 1. The third-order valence-corrected chi connectivity index (χ3v) is 16.9.